The molecule has 136 valence electrons. The van der Waals surface area contributed by atoms with Gasteiger partial charge < -0.3 is 10.2 Å². The molecule has 1 aliphatic rings. The molecule has 0 spiro atoms. The predicted octanol–water partition coefficient (Wildman–Crippen LogP) is 4.04. The summed E-state index contributed by atoms with van der Waals surface area (Å²) in [4.78, 5) is 30.3. The van der Waals surface area contributed by atoms with Gasteiger partial charge in [0.2, 0.25) is 5.91 Å². The minimum Gasteiger partial charge on any atom is -0.371 e. The van der Waals surface area contributed by atoms with Gasteiger partial charge >= 0.3 is 0 Å². The van der Waals surface area contributed by atoms with Crippen LogP contribution in [0, 0.1) is 11.7 Å². The number of hydrogen-bond donors (Lipinski definition) is 1. The first-order chi connectivity index (χ1) is 12.5. The molecule has 0 saturated carbocycles. The Hall–Kier alpha value is -2.28. The fourth-order valence-electron chi connectivity index (χ4n) is 3.19. The summed E-state index contributed by atoms with van der Waals surface area (Å²) in [6.45, 7) is 2.55. The molecule has 3 rings (SSSR count). The number of anilines is 2. The summed E-state index contributed by atoms with van der Waals surface area (Å²) in [6, 6.07) is 8.22. The van der Waals surface area contributed by atoms with Crippen LogP contribution in [0.5, 0.6) is 0 Å². The predicted molar refractivity (Wildman–Crippen MR) is 102 cm³/mol. The van der Waals surface area contributed by atoms with Crippen LogP contribution < -0.4 is 10.2 Å². The van der Waals surface area contributed by atoms with E-state index in [-0.39, 0.29) is 23.2 Å². The Bertz CT molecular complexity index is 818. The van der Waals surface area contributed by atoms with Crippen molar-refractivity contribution in [3.05, 3.63) is 52.4 Å². The van der Waals surface area contributed by atoms with E-state index in [9.17, 15) is 14.0 Å². The standard InChI is InChI=1S/C19H19BrFN3O2/c1-12(25)18-15(21)3-2-4-16(18)24-9-7-13(8-10-24)19(26)23-17-6-5-14(20)11-22-17/h2-6,11,13H,7-10H2,1H3,(H,22,23,26). The first-order valence-corrected chi connectivity index (χ1v) is 9.22. The number of pyridine rings is 1. The van der Waals surface area contributed by atoms with E-state index in [0.29, 0.717) is 37.4 Å². The lowest BCUT2D eigenvalue weighted by Gasteiger charge is -2.34. The van der Waals surface area contributed by atoms with Gasteiger partial charge in [0.05, 0.1) is 11.3 Å². The molecule has 1 aromatic heterocycles. The molecule has 26 heavy (non-hydrogen) atoms. The highest BCUT2D eigenvalue weighted by Crippen LogP contribution is 2.29. The Balaban J connectivity index is 1.64. The van der Waals surface area contributed by atoms with Crippen LogP contribution in [-0.2, 0) is 4.79 Å². The minimum absolute atomic E-state index is 0.0643. The molecule has 1 N–H and O–H groups in total. The highest BCUT2D eigenvalue weighted by molar-refractivity contribution is 9.10. The fourth-order valence-corrected chi connectivity index (χ4v) is 3.42. The third-order valence-corrected chi connectivity index (χ3v) is 5.00. The van der Waals surface area contributed by atoms with E-state index in [2.05, 4.69) is 26.2 Å². The van der Waals surface area contributed by atoms with Gasteiger partial charge in [-0.2, -0.15) is 0 Å². The molecular weight excluding hydrogens is 401 g/mol. The molecule has 5 nitrogen and oxygen atoms in total. The number of ketones is 1. The van der Waals surface area contributed by atoms with Crippen molar-refractivity contribution < 1.29 is 14.0 Å². The highest BCUT2D eigenvalue weighted by Gasteiger charge is 2.27. The normalized spacial score (nSPS) is 15.0. The molecule has 0 unspecified atom stereocenters. The van der Waals surface area contributed by atoms with E-state index in [1.54, 1.807) is 24.4 Å². The zero-order valence-corrected chi connectivity index (χ0v) is 15.9. The average molecular weight is 420 g/mol. The van der Waals surface area contributed by atoms with Gasteiger partial charge in [0, 0.05) is 29.7 Å². The van der Waals surface area contributed by atoms with E-state index in [1.165, 1.54) is 13.0 Å². The van der Waals surface area contributed by atoms with Crippen molar-refractivity contribution in [2.24, 2.45) is 5.92 Å². The summed E-state index contributed by atoms with van der Waals surface area (Å²) in [5.41, 5.74) is 0.723. The second-order valence-electron chi connectivity index (χ2n) is 6.30. The van der Waals surface area contributed by atoms with E-state index in [4.69, 9.17) is 0 Å². The molecular formula is C19H19BrFN3O2. The molecule has 0 atom stereocenters. The number of aromatic nitrogens is 1. The van der Waals surface area contributed by atoms with Gasteiger partial charge in [-0.1, -0.05) is 6.07 Å². The van der Waals surface area contributed by atoms with Crippen LogP contribution in [0.4, 0.5) is 15.9 Å². The number of carbonyl (C=O) groups is 2. The van der Waals surface area contributed by atoms with Gasteiger partial charge in [-0.15, -0.1) is 0 Å². The average Bonchev–Trinajstić information content (AvgIpc) is 2.63. The van der Waals surface area contributed by atoms with Gasteiger partial charge in [0.15, 0.2) is 5.78 Å². The second-order valence-corrected chi connectivity index (χ2v) is 7.22. The number of halogens is 2. The van der Waals surface area contributed by atoms with Crippen LogP contribution in [0.25, 0.3) is 0 Å². The molecule has 2 heterocycles. The van der Waals surface area contributed by atoms with Crippen LogP contribution in [0.15, 0.2) is 41.0 Å². The van der Waals surface area contributed by atoms with Gasteiger partial charge in [0.1, 0.15) is 11.6 Å². The van der Waals surface area contributed by atoms with Gasteiger partial charge in [-0.3, -0.25) is 9.59 Å². The van der Waals surface area contributed by atoms with E-state index in [1.807, 2.05) is 11.0 Å². The number of nitrogens with one attached hydrogen (secondary N) is 1. The summed E-state index contributed by atoms with van der Waals surface area (Å²) in [7, 11) is 0. The summed E-state index contributed by atoms with van der Waals surface area (Å²) in [5.74, 6) is -0.475. The number of Topliss-reactive ketones (excluding diaryl/α,β-unsaturated/α-hetero) is 1. The van der Waals surface area contributed by atoms with Gasteiger partial charge in [-0.25, -0.2) is 9.37 Å². The maximum absolute atomic E-state index is 14.0. The van der Waals surface area contributed by atoms with Gasteiger partial charge in [0.25, 0.3) is 0 Å². The number of nitrogens with zero attached hydrogens (tertiary/aromatic N) is 2. The van der Waals surface area contributed by atoms with Crippen molar-refractivity contribution in [2.45, 2.75) is 19.8 Å². The molecule has 0 bridgehead atoms. The Morgan fingerprint density at radius 1 is 1.23 bits per heavy atom. The molecule has 1 aromatic carbocycles. The molecule has 0 aliphatic carbocycles. The first-order valence-electron chi connectivity index (χ1n) is 8.42. The molecule has 0 radical (unpaired) electrons. The quantitative estimate of drug-likeness (QED) is 0.759. The maximum Gasteiger partial charge on any atom is 0.228 e. The van der Waals surface area contributed by atoms with Crippen molar-refractivity contribution in [2.75, 3.05) is 23.3 Å². The third-order valence-electron chi connectivity index (χ3n) is 4.53. The topological polar surface area (TPSA) is 62.3 Å². The third kappa shape index (κ3) is 4.09. The van der Waals surface area contributed by atoms with Crippen LogP contribution in [-0.4, -0.2) is 29.8 Å². The van der Waals surface area contributed by atoms with Crippen molar-refractivity contribution in [1.82, 2.24) is 4.98 Å². The number of rotatable bonds is 4. The summed E-state index contributed by atoms with van der Waals surface area (Å²) in [6.07, 6.45) is 2.90. The molecule has 7 heteroatoms. The lowest BCUT2D eigenvalue weighted by Crippen LogP contribution is -2.39. The lowest BCUT2D eigenvalue weighted by molar-refractivity contribution is -0.120. The van der Waals surface area contributed by atoms with Crippen molar-refractivity contribution >= 4 is 39.1 Å². The SMILES string of the molecule is CC(=O)c1c(F)cccc1N1CCC(C(=O)Nc2ccc(Br)cn2)CC1. The van der Waals surface area contributed by atoms with Crippen LogP contribution in [0.1, 0.15) is 30.1 Å². The van der Waals surface area contributed by atoms with Crippen molar-refractivity contribution in [3.63, 3.8) is 0 Å². The maximum atomic E-state index is 14.0. The Kier molecular flexibility index (Phi) is 5.66. The summed E-state index contributed by atoms with van der Waals surface area (Å²) >= 11 is 3.31. The van der Waals surface area contributed by atoms with E-state index in [0.717, 1.165) is 4.47 Å². The smallest absolute Gasteiger partial charge is 0.228 e. The van der Waals surface area contributed by atoms with E-state index < -0.39 is 5.82 Å². The second kappa shape index (κ2) is 7.95. The number of piperidine rings is 1. The first kappa shape index (κ1) is 18.5. The number of benzene rings is 1. The molecule has 1 amide bonds. The Morgan fingerprint density at radius 2 is 1.96 bits per heavy atom. The molecule has 1 aliphatic heterocycles. The Labute approximate surface area is 159 Å². The van der Waals surface area contributed by atoms with Crippen molar-refractivity contribution in [3.8, 4) is 0 Å². The fraction of sp³-hybridized carbons (Fsp3) is 0.316. The van der Waals surface area contributed by atoms with E-state index >= 15 is 0 Å². The van der Waals surface area contributed by atoms with Crippen LogP contribution in [0.2, 0.25) is 0 Å². The highest BCUT2D eigenvalue weighted by atomic mass is 79.9. The molecule has 1 saturated heterocycles. The lowest BCUT2D eigenvalue weighted by atomic mass is 9.94. The summed E-state index contributed by atoms with van der Waals surface area (Å²) < 4.78 is 14.9. The summed E-state index contributed by atoms with van der Waals surface area (Å²) in [5, 5.41) is 2.83. The zero-order chi connectivity index (χ0) is 18.7. The Morgan fingerprint density at radius 3 is 2.58 bits per heavy atom. The minimum atomic E-state index is -0.504. The van der Waals surface area contributed by atoms with Crippen LogP contribution in [0.3, 0.4) is 0 Å². The number of hydrogen-bond acceptors (Lipinski definition) is 4. The molecule has 2 aromatic rings. The van der Waals surface area contributed by atoms with Crippen LogP contribution >= 0.6 is 15.9 Å². The largest absolute Gasteiger partial charge is 0.371 e. The number of carbonyl (C=O) groups excluding carboxylic acids is 2. The number of amides is 1. The van der Waals surface area contributed by atoms with Gasteiger partial charge in [-0.05, 0) is 60.0 Å². The van der Waals surface area contributed by atoms with Crippen molar-refractivity contribution in [1.29, 1.82) is 0 Å². The molecule has 1 fully saturated rings. The zero-order valence-electron chi connectivity index (χ0n) is 14.3. The monoisotopic (exact) mass is 419 g/mol.